The molecule has 0 amide bonds. The summed E-state index contributed by atoms with van der Waals surface area (Å²) in [5, 5.41) is 18.0. The minimum atomic E-state index is -0.844. The summed E-state index contributed by atoms with van der Waals surface area (Å²) < 4.78 is 4.62. The molecule has 0 unspecified atom stereocenters. The van der Waals surface area contributed by atoms with E-state index in [1.807, 2.05) is 0 Å². The quantitative estimate of drug-likeness (QED) is 0.529. The van der Waals surface area contributed by atoms with Gasteiger partial charge in [-0.1, -0.05) is 0 Å². The van der Waals surface area contributed by atoms with Crippen molar-refractivity contribution in [3.8, 4) is 0 Å². The Labute approximate surface area is 64.8 Å². The third kappa shape index (κ3) is 1.91. The van der Waals surface area contributed by atoms with E-state index in [2.05, 4.69) is 4.74 Å². The number of ether oxygens (including phenoxy) is 1. The van der Waals surface area contributed by atoms with Gasteiger partial charge in [0.05, 0.1) is 0 Å². The van der Waals surface area contributed by atoms with E-state index in [4.69, 9.17) is 5.11 Å². The van der Waals surface area contributed by atoms with Gasteiger partial charge in [-0.15, -0.1) is 0 Å². The largest absolute Gasteiger partial charge is 0.461 e. The minimum Gasteiger partial charge on any atom is -0.461 e. The normalized spacial score (nSPS) is 22.4. The van der Waals surface area contributed by atoms with Crippen LogP contribution in [0.25, 0.3) is 0 Å². The van der Waals surface area contributed by atoms with E-state index in [1.54, 1.807) is 0 Å². The molecule has 0 aromatic carbocycles. The predicted octanol–water partition coefficient (Wildman–Crippen LogP) is -0.565. The van der Waals surface area contributed by atoms with E-state index in [0.29, 0.717) is 25.7 Å². The zero-order valence-corrected chi connectivity index (χ0v) is 6.19. The highest BCUT2D eigenvalue weighted by atomic mass is 16.5. The van der Waals surface area contributed by atoms with E-state index in [0.717, 1.165) is 0 Å². The summed E-state index contributed by atoms with van der Waals surface area (Å²) in [7, 11) is 0. The van der Waals surface area contributed by atoms with Crippen LogP contribution in [0.15, 0.2) is 0 Å². The van der Waals surface area contributed by atoms with E-state index in [1.165, 1.54) is 0 Å². The smallest absolute Gasteiger partial charge is 0.293 e. The Morgan fingerprint density at radius 1 is 1.64 bits per heavy atom. The molecule has 2 N–H and O–H groups in total. The van der Waals surface area contributed by atoms with Crippen molar-refractivity contribution in [1.82, 2.24) is 0 Å². The first kappa shape index (κ1) is 8.49. The second-order valence-electron chi connectivity index (χ2n) is 2.84. The Hall–Kier alpha value is -0.610. The maximum Gasteiger partial charge on any atom is 0.293 e. The van der Waals surface area contributed by atoms with Crippen molar-refractivity contribution in [3.63, 3.8) is 0 Å². The van der Waals surface area contributed by atoms with E-state index in [-0.39, 0.29) is 6.61 Å². The van der Waals surface area contributed by atoms with Gasteiger partial charge >= 0.3 is 0 Å². The standard InChI is InChI=1S/C7H12O4/c8-4-1-6(11-5-9)7(10)2-3-7/h5-6,8,10H,1-4H2/t6-/m1/s1. The fourth-order valence-corrected chi connectivity index (χ4v) is 1.10. The molecule has 1 atom stereocenters. The molecule has 0 radical (unpaired) electrons. The summed E-state index contributed by atoms with van der Waals surface area (Å²) in [6, 6.07) is 0. The summed E-state index contributed by atoms with van der Waals surface area (Å²) in [5.74, 6) is 0. The second kappa shape index (κ2) is 3.19. The molecular weight excluding hydrogens is 148 g/mol. The van der Waals surface area contributed by atoms with Crippen LogP contribution in [0.4, 0.5) is 0 Å². The zero-order valence-electron chi connectivity index (χ0n) is 6.19. The van der Waals surface area contributed by atoms with Gasteiger partial charge < -0.3 is 14.9 Å². The third-order valence-corrected chi connectivity index (χ3v) is 1.97. The van der Waals surface area contributed by atoms with Gasteiger partial charge in [0.1, 0.15) is 11.7 Å². The fraction of sp³-hybridized carbons (Fsp3) is 0.857. The van der Waals surface area contributed by atoms with Crippen LogP contribution < -0.4 is 0 Å². The minimum absolute atomic E-state index is 0.0686. The lowest BCUT2D eigenvalue weighted by Gasteiger charge is -2.18. The van der Waals surface area contributed by atoms with Gasteiger partial charge in [0, 0.05) is 13.0 Å². The van der Waals surface area contributed by atoms with Crippen LogP contribution in [0, 0.1) is 0 Å². The lowest BCUT2D eigenvalue weighted by atomic mass is 10.1. The van der Waals surface area contributed by atoms with Gasteiger partial charge in [-0.05, 0) is 12.8 Å². The number of carbonyl (C=O) groups is 1. The van der Waals surface area contributed by atoms with Crippen molar-refractivity contribution in [3.05, 3.63) is 0 Å². The Balaban J connectivity index is 2.38. The van der Waals surface area contributed by atoms with Crippen LogP contribution in [-0.4, -0.2) is 35.0 Å². The average Bonchev–Trinajstić information content (AvgIpc) is 2.69. The number of hydrogen-bond acceptors (Lipinski definition) is 4. The van der Waals surface area contributed by atoms with Crippen molar-refractivity contribution >= 4 is 6.47 Å². The maximum absolute atomic E-state index is 9.95. The van der Waals surface area contributed by atoms with Crippen LogP contribution >= 0.6 is 0 Å². The molecule has 1 rings (SSSR count). The molecule has 0 saturated heterocycles. The van der Waals surface area contributed by atoms with Crippen LogP contribution in [0.5, 0.6) is 0 Å². The Bertz CT molecular complexity index is 141. The molecule has 1 fully saturated rings. The number of hydrogen-bond donors (Lipinski definition) is 2. The zero-order chi connectivity index (χ0) is 8.32. The molecule has 4 heteroatoms. The van der Waals surface area contributed by atoms with Crippen molar-refractivity contribution in [1.29, 1.82) is 0 Å². The molecule has 0 bridgehead atoms. The van der Waals surface area contributed by atoms with Crippen molar-refractivity contribution in [2.45, 2.75) is 31.0 Å². The highest BCUT2D eigenvalue weighted by Crippen LogP contribution is 2.40. The summed E-state index contributed by atoms with van der Waals surface area (Å²) in [6.07, 6.45) is 1.11. The maximum atomic E-state index is 9.95. The molecule has 4 nitrogen and oxygen atoms in total. The molecule has 0 aliphatic heterocycles. The summed E-state index contributed by atoms with van der Waals surface area (Å²) in [6.45, 7) is 0.247. The lowest BCUT2D eigenvalue weighted by molar-refractivity contribution is -0.142. The summed E-state index contributed by atoms with van der Waals surface area (Å²) in [5.41, 5.74) is -0.844. The Morgan fingerprint density at radius 2 is 2.27 bits per heavy atom. The number of carbonyl (C=O) groups excluding carboxylic acids is 1. The summed E-state index contributed by atoms with van der Waals surface area (Å²) >= 11 is 0. The first-order valence-electron chi connectivity index (χ1n) is 3.65. The van der Waals surface area contributed by atoms with E-state index < -0.39 is 11.7 Å². The van der Waals surface area contributed by atoms with Gasteiger partial charge in [-0.3, -0.25) is 4.79 Å². The molecule has 0 spiro atoms. The SMILES string of the molecule is O=CO[C@H](CCO)C1(O)CC1. The van der Waals surface area contributed by atoms with Gasteiger partial charge in [-0.2, -0.15) is 0 Å². The third-order valence-electron chi connectivity index (χ3n) is 1.97. The molecule has 0 aromatic heterocycles. The number of rotatable bonds is 5. The highest BCUT2D eigenvalue weighted by molar-refractivity contribution is 5.38. The fourth-order valence-electron chi connectivity index (χ4n) is 1.10. The van der Waals surface area contributed by atoms with Crippen molar-refractivity contribution in [2.24, 2.45) is 0 Å². The average molecular weight is 160 g/mol. The molecule has 11 heavy (non-hydrogen) atoms. The van der Waals surface area contributed by atoms with Gasteiger partial charge in [0.25, 0.3) is 6.47 Å². The molecule has 0 heterocycles. The molecule has 64 valence electrons. The van der Waals surface area contributed by atoms with Gasteiger partial charge in [0.2, 0.25) is 0 Å². The first-order valence-corrected chi connectivity index (χ1v) is 3.65. The highest BCUT2D eigenvalue weighted by Gasteiger charge is 2.48. The molecule has 1 saturated carbocycles. The molecule has 1 aliphatic rings. The van der Waals surface area contributed by atoms with Crippen molar-refractivity contribution in [2.75, 3.05) is 6.61 Å². The first-order chi connectivity index (χ1) is 5.23. The lowest BCUT2D eigenvalue weighted by Crippen LogP contribution is -2.31. The number of aliphatic hydroxyl groups is 2. The monoisotopic (exact) mass is 160 g/mol. The van der Waals surface area contributed by atoms with Crippen LogP contribution in [0.2, 0.25) is 0 Å². The second-order valence-corrected chi connectivity index (χ2v) is 2.84. The number of aliphatic hydroxyl groups excluding tert-OH is 1. The van der Waals surface area contributed by atoms with Crippen LogP contribution in [-0.2, 0) is 9.53 Å². The molecule has 1 aliphatic carbocycles. The predicted molar refractivity (Wildman–Crippen MR) is 36.8 cm³/mol. The Kier molecular flexibility index (Phi) is 2.46. The van der Waals surface area contributed by atoms with Crippen LogP contribution in [0.3, 0.4) is 0 Å². The van der Waals surface area contributed by atoms with Crippen molar-refractivity contribution < 1.29 is 19.7 Å². The van der Waals surface area contributed by atoms with Crippen LogP contribution in [0.1, 0.15) is 19.3 Å². The van der Waals surface area contributed by atoms with Gasteiger partial charge in [0.15, 0.2) is 0 Å². The molecule has 0 aromatic rings. The molecular formula is C7H12O4. The van der Waals surface area contributed by atoms with E-state index in [9.17, 15) is 9.90 Å². The van der Waals surface area contributed by atoms with E-state index >= 15 is 0 Å². The van der Waals surface area contributed by atoms with Gasteiger partial charge in [-0.25, -0.2) is 0 Å². The summed E-state index contributed by atoms with van der Waals surface area (Å²) in [4.78, 5) is 9.95. The Morgan fingerprint density at radius 3 is 2.64 bits per heavy atom. The topological polar surface area (TPSA) is 66.8 Å².